The van der Waals surface area contributed by atoms with Crippen molar-refractivity contribution in [2.45, 2.75) is 38.5 Å². The highest BCUT2D eigenvalue weighted by atomic mass is 16.5. The van der Waals surface area contributed by atoms with Crippen molar-refractivity contribution in [2.75, 3.05) is 26.3 Å². The van der Waals surface area contributed by atoms with Crippen LogP contribution in [0.4, 0.5) is 0 Å². The molecule has 0 bridgehead atoms. The molecule has 0 aromatic heterocycles. The standard InChI is InChI=1S/C16H25NO2/c18-11-4-2-1-3-9-17-10-7-14-5-6-16-15(13-14)8-12-19-16/h5-6,13,17-18H,1-4,7-12H2. The number of nitrogens with one attached hydrogen (secondary N) is 1. The summed E-state index contributed by atoms with van der Waals surface area (Å²) in [5, 5.41) is 12.2. The molecule has 2 rings (SSSR count). The van der Waals surface area contributed by atoms with Crippen molar-refractivity contribution in [3.63, 3.8) is 0 Å². The van der Waals surface area contributed by atoms with Crippen LogP contribution in [0.5, 0.6) is 5.75 Å². The van der Waals surface area contributed by atoms with E-state index in [0.717, 1.165) is 51.1 Å². The van der Waals surface area contributed by atoms with E-state index >= 15 is 0 Å². The number of benzene rings is 1. The lowest BCUT2D eigenvalue weighted by Gasteiger charge is -2.06. The Kier molecular flexibility index (Phi) is 6.18. The summed E-state index contributed by atoms with van der Waals surface area (Å²) < 4.78 is 5.51. The summed E-state index contributed by atoms with van der Waals surface area (Å²) in [6.45, 7) is 3.29. The van der Waals surface area contributed by atoms with Crippen molar-refractivity contribution in [3.8, 4) is 5.75 Å². The summed E-state index contributed by atoms with van der Waals surface area (Å²) in [6, 6.07) is 6.56. The molecule has 0 unspecified atom stereocenters. The number of unbranched alkanes of at least 4 members (excludes halogenated alkanes) is 3. The van der Waals surface area contributed by atoms with E-state index in [2.05, 4.69) is 23.5 Å². The first-order valence-corrected chi connectivity index (χ1v) is 7.46. The Bertz CT molecular complexity index is 379. The Morgan fingerprint density at radius 2 is 2.00 bits per heavy atom. The van der Waals surface area contributed by atoms with Gasteiger partial charge in [-0.25, -0.2) is 0 Å². The highest BCUT2D eigenvalue weighted by molar-refractivity contribution is 5.39. The zero-order chi connectivity index (χ0) is 13.3. The molecule has 106 valence electrons. The van der Waals surface area contributed by atoms with Crippen LogP contribution in [0.2, 0.25) is 0 Å². The predicted molar refractivity (Wildman–Crippen MR) is 77.8 cm³/mol. The van der Waals surface area contributed by atoms with Crippen molar-refractivity contribution in [1.29, 1.82) is 0 Å². The van der Waals surface area contributed by atoms with Crippen molar-refractivity contribution in [1.82, 2.24) is 5.32 Å². The van der Waals surface area contributed by atoms with Gasteiger partial charge in [-0.05, 0) is 49.5 Å². The summed E-state index contributed by atoms with van der Waals surface area (Å²) in [5.41, 5.74) is 2.76. The van der Waals surface area contributed by atoms with Gasteiger partial charge in [0.05, 0.1) is 6.61 Å². The molecular weight excluding hydrogens is 238 g/mol. The lowest BCUT2D eigenvalue weighted by atomic mass is 10.1. The largest absolute Gasteiger partial charge is 0.493 e. The zero-order valence-corrected chi connectivity index (χ0v) is 11.7. The average Bonchev–Trinajstić information content (AvgIpc) is 2.89. The number of rotatable bonds is 9. The predicted octanol–water partition coefficient (Wildman–Crippen LogP) is 2.31. The van der Waals surface area contributed by atoms with Gasteiger partial charge in [-0.15, -0.1) is 0 Å². The second kappa shape index (κ2) is 8.18. The summed E-state index contributed by atoms with van der Waals surface area (Å²) in [5.74, 6) is 1.07. The Hall–Kier alpha value is -1.06. The molecule has 0 fully saturated rings. The SMILES string of the molecule is OCCCCCCNCCc1ccc2c(c1)CCO2. The van der Waals surface area contributed by atoms with E-state index in [1.54, 1.807) is 0 Å². The van der Waals surface area contributed by atoms with Crippen LogP contribution in [0.3, 0.4) is 0 Å². The third kappa shape index (κ3) is 4.84. The van der Waals surface area contributed by atoms with Crippen molar-refractivity contribution >= 4 is 0 Å². The first kappa shape index (κ1) is 14.4. The monoisotopic (exact) mass is 263 g/mol. The van der Waals surface area contributed by atoms with Gasteiger partial charge in [-0.2, -0.15) is 0 Å². The Morgan fingerprint density at radius 1 is 1.11 bits per heavy atom. The molecule has 0 atom stereocenters. The first-order chi connectivity index (χ1) is 9.40. The maximum Gasteiger partial charge on any atom is 0.122 e. The molecule has 1 heterocycles. The van der Waals surface area contributed by atoms with E-state index in [-0.39, 0.29) is 0 Å². The van der Waals surface area contributed by atoms with Gasteiger partial charge in [0.25, 0.3) is 0 Å². The molecule has 0 aliphatic carbocycles. The average molecular weight is 263 g/mol. The van der Waals surface area contributed by atoms with Crippen LogP contribution >= 0.6 is 0 Å². The van der Waals surface area contributed by atoms with E-state index in [0.29, 0.717) is 6.61 Å². The van der Waals surface area contributed by atoms with Crippen LogP contribution in [0.1, 0.15) is 36.8 Å². The van der Waals surface area contributed by atoms with Crippen LogP contribution in [0, 0.1) is 0 Å². The Balaban J connectivity index is 1.56. The fourth-order valence-corrected chi connectivity index (χ4v) is 2.47. The normalized spacial score (nSPS) is 13.3. The minimum atomic E-state index is 0.329. The smallest absolute Gasteiger partial charge is 0.122 e. The van der Waals surface area contributed by atoms with Gasteiger partial charge in [-0.1, -0.05) is 25.0 Å². The molecule has 1 aliphatic rings. The van der Waals surface area contributed by atoms with E-state index in [1.807, 2.05) is 0 Å². The second-order valence-electron chi connectivity index (χ2n) is 5.18. The fraction of sp³-hybridized carbons (Fsp3) is 0.625. The van der Waals surface area contributed by atoms with Gasteiger partial charge in [0.2, 0.25) is 0 Å². The lowest BCUT2D eigenvalue weighted by molar-refractivity contribution is 0.282. The van der Waals surface area contributed by atoms with Gasteiger partial charge >= 0.3 is 0 Å². The molecule has 2 N–H and O–H groups in total. The Labute approximate surface area is 116 Å². The molecule has 19 heavy (non-hydrogen) atoms. The van der Waals surface area contributed by atoms with Crippen LogP contribution < -0.4 is 10.1 Å². The molecule has 0 amide bonds. The number of aliphatic hydroxyl groups is 1. The van der Waals surface area contributed by atoms with Gasteiger partial charge in [0.1, 0.15) is 5.75 Å². The second-order valence-corrected chi connectivity index (χ2v) is 5.18. The summed E-state index contributed by atoms with van der Waals surface area (Å²) in [4.78, 5) is 0. The van der Waals surface area contributed by atoms with Gasteiger partial charge in [0, 0.05) is 13.0 Å². The van der Waals surface area contributed by atoms with Gasteiger partial charge < -0.3 is 15.2 Å². The molecule has 1 aliphatic heterocycles. The number of hydrogen-bond acceptors (Lipinski definition) is 3. The first-order valence-electron chi connectivity index (χ1n) is 7.46. The molecule has 1 aromatic rings. The van der Waals surface area contributed by atoms with E-state index in [4.69, 9.17) is 9.84 Å². The minimum absolute atomic E-state index is 0.329. The van der Waals surface area contributed by atoms with E-state index in [9.17, 15) is 0 Å². The zero-order valence-electron chi connectivity index (χ0n) is 11.7. The quantitative estimate of drug-likeness (QED) is 0.672. The van der Waals surface area contributed by atoms with Crippen LogP contribution in [0.25, 0.3) is 0 Å². The number of fused-ring (bicyclic) bond motifs is 1. The fourth-order valence-electron chi connectivity index (χ4n) is 2.47. The van der Waals surface area contributed by atoms with Gasteiger partial charge in [0.15, 0.2) is 0 Å². The molecule has 0 spiro atoms. The molecular formula is C16H25NO2. The third-order valence-corrected chi connectivity index (χ3v) is 3.61. The molecule has 1 aromatic carbocycles. The Morgan fingerprint density at radius 3 is 2.89 bits per heavy atom. The topological polar surface area (TPSA) is 41.5 Å². The maximum atomic E-state index is 8.68. The lowest BCUT2D eigenvalue weighted by Crippen LogP contribution is -2.18. The molecule has 0 radical (unpaired) electrons. The minimum Gasteiger partial charge on any atom is -0.493 e. The van der Waals surface area contributed by atoms with Crippen molar-refractivity contribution in [2.24, 2.45) is 0 Å². The molecule has 0 saturated heterocycles. The van der Waals surface area contributed by atoms with Crippen LogP contribution in [-0.2, 0) is 12.8 Å². The number of ether oxygens (including phenoxy) is 1. The van der Waals surface area contributed by atoms with E-state index < -0.39 is 0 Å². The summed E-state index contributed by atoms with van der Waals surface area (Å²) in [7, 11) is 0. The molecule has 0 saturated carbocycles. The van der Waals surface area contributed by atoms with Crippen molar-refractivity contribution < 1.29 is 9.84 Å². The number of aliphatic hydroxyl groups excluding tert-OH is 1. The van der Waals surface area contributed by atoms with Gasteiger partial charge in [-0.3, -0.25) is 0 Å². The van der Waals surface area contributed by atoms with Crippen molar-refractivity contribution in [3.05, 3.63) is 29.3 Å². The molecule has 3 nitrogen and oxygen atoms in total. The maximum absolute atomic E-state index is 8.68. The number of hydrogen-bond donors (Lipinski definition) is 2. The highest BCUT2D eigenvalue weighted by Crippen LogP contribution is 2.25. The van der Waals surface area contributed by atoms with Crippen LogP contribution in [0.15, 0.2) is 18.2 Å². The van der Waals surface area contributed by atoms with E-state index in [1.165, 1.54) is 24.0 Å². The molecule has 3 heteroatoms. The summed E-state index contributed by atoms with van der Waals surface area (Å²) in [6.07, 6.45) is 6.65. The van der Waals surface area contributed by atoms with Crippen LogP contribution in [-0.4, -0.2) is 31.4 Å². The third-order valence-electron chi connectivity index (χ3n) is 3.61. The summed E-state index contributed by atoms with van der Waals surface area (Å²) >= 11 is 0. The highest BCUT2D eigenvalue weighted by Gasteiger charge is 2.11.